The molecule has 0 aliphatic rings. The second-order valence-electron chi connectivity index (χ2n) is 5.81. The maximum absolute atomic E-state index is 9.70. The van der Waals surface area contributed by atoms with Gasteiger partial charge in [0.15, 0.2) is 0 Å². The molecule has 0 aromatic heterocycles. The van der Waals surface area contributed by atoms with Gasteiger partial charge in [-0.25, -0.2) is 8.42 Å². The third-order valence-corrected chi connectivity index (χ3v) is 0. The number of thioether (sulfide) groups is 1. The van der Waals surface area contributed by atoms with Crippen molar-refractivity contribution in [3.8, 4) is 0 Å². The summed E-state index contributed by atoms with van der Waals surface area (Å²) in [6, 6.07) is 0. The van der Waals surface area contributed by atoms with Crippen LogP contribution >= 0.6 is 11.8 Å². The third kappa shape index (κ3) is 11900. The predicted octanol–water partition coefficient (Wildman–Crippen LogP) is 3.53. The summed E-state index contributed by atoms with van der Waals surface area (Å²) in [5.41, 5.74) is 0. The normalized spacial score (nSPS) is 8.87. The average molecular weight is 733 g/mol. The van der Waals surface area contributed by atoms with Gasteiger partial charge in [-0.05, 0) is 25.0 Å². The molecular formula is C16H49NO7S4Se3. The molecule has 0 bridgehead atoms. The fourth-order valence-electron chi connectivity index (χ4n) is 0. The summed E-state index contributed by atoms with van der Waals surface area (Å²) in [6.45, 7) is 0. The van der Waals surface area contributed by atoms with E-state index in [9.17, 15) is 24.1 Å². The van der Waals surface area contributed by atoms with Gasteiger partial charge in [0.05, 0.1) is 0 Å². The standard InChI is InChI=1S/C2H7NS.C2H6O2S.C2H6O2Se.C2H6OS.C2H6OSe.C2H6O.C2H6S.C2H6Se/c1-4(2)3;2*1-5(2,3)4;2*1-4(2)3;3*1-3-2/h3H,1-2H3;2*1-2H3;2*1-2H3;3*1-2H3. The first-order chi connectivity index (χ1) is 13.4. The van der Waals surface area contributed by atoms with Crippen LogP contribution < -0.4 is 0 Å². The summed E-state index contributed by atoms with van der Waals surface area (Å²) in [6.07, 6.45) is 13.4. The van der Waals surface area contributed by atoms with E-state index in [4.69, 9.17) is 4.78 Å². The topological polar surface area (TPSA) is 135 Å². The summed E-state index contributed by atoms with van der Waals surface area (Å²) in [5.74, 6) is 10.3. The molecule has 31 heavy (non-hydrogen) atoms. The Hall–Kier alpha value is 1.52. The molecule has 1 N–H and O–H groups in total. The molecule has 0 rings (SSSR count). The van der Waals surface area contributed by atoms with E-state index in [1.165, 1.54) is 11.6 Å². The van der Waals surface area contributed by atoms with Gasteiger partial charge in [0.1, 0.15) is 9.84 Å². The van der Waals surface area contributed by atoms with E-state index in [1.54, 1.807) is 50.1 Å². The Balaban J connectivity index is -0.0000000328. The molecule has 0 spiro atoms. The van der Waals surface area contributed by atoms with Crippen molar-refractivity contribution in [1.82, 2.24) is 0 Å². The number of sulfone groups is 1. The molecule has 0 aliphatic heterocycles. The van der Waals surface area contributed by atoms with Crippen LogP contribution in [0.2, 0.25) is 34.9 Å². The predicted molar refractivity (Wildman–Crippen MR) is 150 cm³/mol. The monoisotopic (exact) mass is 735 g/mol. The van der Waals surface area contributed by atoms with Gasteiger partial charge in [0.25, 0.3) is 0 Å². The fraction of sp³-hybridized carbons (Fsp3) is 1.00. The molecule has 0 amide bonds. The molecule has 0 heterocycles. The van der Waals surface area contributed by atoms with Gasteiger partial charge in [0, 0.05) is 50.0 Å². The first-order valence-corrected chi connectivity index (χ1v) is 28.1. The zero-order valence-electron chi connectivity index (χ0n) is 22.2. The van der Waals surface area contributed by atoms with Crippen LogP contribution in [0, 0.1) is 4.78 Å². The van der Waals surface area contributed by atoms with Crippen LogP contribution in [0.25, 0.3) is 0 Å². The summed E-state index contributed by atoms with van der Waals surface area (Å²) in [7, 11) is -0.139. The number of nitrogens with one attached hydrogen (secondary N) is 1. The molecule has 202 valence electrons. The van der Waals surface area contributed by atoms with Crippen LogP contribution in [0.15, 0.2) is 0 Å². The number of methoxy groups -OCH3 is 1. The van der Waals surface area contributed by atoms with Crippen molar-refractivity contribution in [2.75, 3.05) is 64.3 Å². The molecule has 0 saturated heterocycles. The summed E-state index contributed by atoms with van der Waals surface area (Å²) < 4.78 is 68.7. The molecule has 15 heteroatoms. The number of ether oxygens (including phenoxy) is 1. The van der Waals surface area contributed by atoms with E-state index in [0.717, 1.165) is 27.5 Å². The first kappa shape index (κ1) is 53.7. The van der Waals surface area contributed by atoms with Crippen LogP contribution in [0.1, 0.15) is 0 Å². The Morgan fingerprint density at radius 2 is 0.968 bits per heavy atom. The molecule has 0 saturated carbocycles. The molecular weight excluding hydrogens is 683 g/mol. The van der Waals surface area contributed by atoms with Crippen molar-refractivity contribution in [3.05, 3.63) is 0 Å². The van der Waals surface area contributed by atoms with Crippen molar-refractivity contribution in [2.45, 2.75) is 34.9 Å². The first-order valence-electron chi connectivity index (χ1n) is 7.74. The minimum absolute atomic E-state index is 0.111. The second kappa shape index (κ2) is 45.1. The Kier molecular flexibility index (Phi) is 78.1. The Bertz CT molecular complexity index is 480. The van der Waals surface area contributed by atoms with Crippen LogP contribution in [0.5, 0.6) is 0 Å². The van der Waals surface area contributed by atoms with E-state index in [-0.39, 0.29) is 10.7 Å². The molecule has 0 fully saturated rings. The summed E-state index contributed by atoms with van der Waals surface area (Å²) in [4.78, 5) is 0. The molecule has 0 aromatic rings. The van der Waals surface area contributed by atoms with Gasteiger partial charge in [0.2, 0.25) is 0 Å². The molecule has 0 unspecified atom stereocenters. The molecule has 8 nitrogen and oxygen atoms in total. The zero-order chi connectivity index (χ0) is 27.9. The quantitative estimate of drug-likeness (QED) is 0.374. The maximum atomic E-state index is 9.70. The average Bonchev–Trinajstić information content (AvgIpc) is 2.33. The van der Waals surface area contributed by atoms with Crippen LogP contribution in [-0.2, 0) is 47.6 Å². The fourth-order valence-corrected chi connectivity index (χ4v) is 0. The minimum atomic E-state index is -3.25. The number of hydrogen-bond donors (Lipinski definition) is 1. The van der Waals surface area contributed by atoms with Gasteiger partial charge in [-0.2, -0.15) is 11.8 Å². The third-order valence-electron chi connectivity index (χ3n) is 0. The van der Waals surface area contributed by atoms with Gasteiger partial charge in [-0.15, -0.1) is 10.7 Å². The van der Waals surface area contributed by atoms with E-state index >= 15 is 0 Å². The van der Waals surface area contributed by atoms with Crippen molar-refractivity contribution >= 4 is 84.6 Å². The molecule has 0 atom stereocenters. The van der Waals surface area contributed by atoms with Crippen molar-refractivity contribution in [2.24, 2.45) is 0 Å². The van der Waals surface area contributed by atoms with E-state index in [0.29, 0.717) is 0 Å². The van der Waals surface area contributed by atoms with Crippen molar-refractivity contribution in [1.29, 1.82) is 4.78 Å². The SMILES string of the molecule is COC.CS(C)(=O)=O.CS(C)=N.CS(C)=O.CSC.C[Se](C)(=O)=O.C[Se](C)=O.C[Se]C. The number of hydrogen-bond acceptors (Lipinski definition) is 9. The Morgan fingerprint density at radius 3 is 0.968 bits per heavy atom. The van der Waals surface area contributed by atoms with Crippen LogP contribution in [-0.4, -0.2) is 118 Å². The van der Waals surface area contributed by atoms with E-state index in [1.807, 2.05) is 25.0 Å². The Labute approximate surface area is 215 Å². The molecule has 0 aromatic carbocycles. The van der Waals surface area contributed by atoms with Gasteiger partial charge >= 0.3 is 87.9 Å². The summed E-state index contributed by atoms with van der Waals surface area (Å²) >= 11 is -1.92. The molecule has 0 aliphatic carbocycles. The van der Waals surface area contributed by atoms with Crippen LogP contribution in [0.3, 0.4) is 0 Å². The van der Waals surface area contributed by atoms with Gasteiger partial charge in [-0.1, -0.05) is 0 Å². The Morgan fingerprint density at radius 1 is 0.968 bits per heavy atom. The number of rotatable bonds is 0. The van der Waals surface area contributed by atoms with Gasteiger partial charge in [-0.3, -0.25) is 8.99 Å². The zero-order valence-corrected chi connectivity index (χ0v) is 30.6. The van der Waals surface area contributed by atoms with E-state index in [2.05, 4.69) is 16.4 Å². The molecule has 0 radical (unpaired) electrons. The van der Waals surface area contributed by atoms with Gasteiger partial charge < -0.3 is 4.74 Å². The van der Waals surface area contributed by atoms with Crippen molar-refractivity contribution < 1.29 is 28.9 Å². The second-order valence-corrected chi connectivity index (χ2v) is 21.6. The van der Waals surface area contributed by atoms with E-state index < -0.39 is 47.2 Å². The van der Waals surface area contributed by atoms with Crippen LogP contribution in [0.4, 0.5) is 0 Å². The van der Waals surface area contributed by atoms with Crippen molar-refractivity contribution in [3.63, 3.8) is 0 Å². The summed E-state index contributed by atoms with van der Waals surface area (Å²) in [5, 5.41) is 0.